The Morgan fingerprint density at radius 1 is 0.462 bits per heavy atom. The quantitative estimate of drug-likeness (QED) is 0.222. The van der Waals surface area contributed by atoms with Crippen molar-refractivity contribution in [1.29, 1.82) is 0 Å². The Bertz CT molecular complexity index is 1830. The first-order chi connectivity index (χ1) is 19.1. The molecule has 39 heavy (non-hydrogen) atoms. The highest BCUT2D eigenvalue weighted by molar-refractivity contribution is 7.03. The standard InChI is InChI=1S/C36H28N2Si/c1-39(2)32-22-10-9-21-31(32)33-34(29-19-11-17-27(23-29)25-13-5-3-6-14-25)37-35(38-36(33)39)30-20-12-18-28(24-30)26-15-7-4-8-16-26/h3-24H,1-2H3. The molecule has 0 saturated carbocycles. The fourth-order valence-corrected chi connectivity index (χ4v) is 8.74. The normalized spacial score (nSPS) is 13.1. The minimum absolute atomic E-state index is 0.792. The van der Waals surface area contributed by atoms with Crippen LogP contribution in [-0.2, 0) is 0 Å². The Morgan fingerprint density at radius 3 is 1.64 bits per heavy atom. The van der Waals surface area contributed by atoms with Gasteiger partial charge < -0.3 is 0 Å². The topological polar surface area (TPSA) is 25.8 Å². The molecule has 1 aromatic heterocycles. The van der Waals surface area contributed by atoms with Crippen molar-refractivity contribution >= 4 is 18.6 Å². The van der Waals surface area contributed by atoms with Crippen LogP contribution in [0.4, 0.5) is 0 Å². The maximum Gasteiger partial charge on any atom is 0.159 e. The Kier molecular flexibility index (Phi) is 5.61. The first kappa shape index (κ1) is 23.5. The summed E-state index contributed by atoms with van der Waals surface area (Å²) in [4.78, 5) is 10.7. The van der Waals surface area contributed by atoms with E-state index in [-0.39, 0.29) is 0 Å². The van der Waals surface area contributed by atoms with Crippen molar-refractivity contribution in [1.82, 2.24) is 9.97 Å². The van der Waals surface area contributed by atoms with E-state index in [0.717, 1.165) is 22.6 Å². The van der Waals surface area contributed by atoms with E-state index in [1.807, 2.05) is 0 Å². The molecule has 1 aliphatic heterocycles. The number of benzene rings is 5. The zero-order chi connectivity index (χ0) is 26.4. The maximum atomic E-state index is 5.34. The molecule has 0 bridgehead atoms. The fraction of sp³-hybridized carbons (Fsp3) is 0.0556. The summed E-state index contributed by atoms with van der Waals surface area (Å²) >= 11 is 0. The van der Waals surface area contributed by atoms with Crippen LogP contribution in [0.5, 0.6) is 0 Å². The third kappa shape index (κ3) is 4.03. The van der Waals surface area contributed by atoms with Crippen LogP contribution in [0.15, 0.2) is 133 Å². The first-order valence-electron chi connectivity index (χ1n) is 13.4. The van der Waals surface area contributed by atoms with E-state index < -0.39 is 8.07 Å². The Hall–Kier alpha value is -4.60. The monoisotopic (exact) mass is 516 g/mol. The molecule has 2 heterocycles. The van der Waals surface area contributed by atoms with Crippen LogP contribution >= 0.6 is 0 Å². The fourth-order valence-electron chi connectivity index (χ4n) is 5.82. The summed E-state index contributed by atoms with van der Waals surface area (Å²) in [5.74, 6) is 0.792. The van der Waals surface area contributed by atoms with Gasteiger partial charge in [0, 0.05) is 22.0 Å². The Morgan fingerprint density at radius 2 is 0.974 bits per heavy atom. The van der Waals surface area contributed by atoms with E-state index in [1.54, 1.807) is 0 Å². The largest absolute Gasteiger partial charge is 0.237 e. The lowest BCUT2D eigenvalue weighted by Crippen LogP contribution is -2.50. The molecule has 6 aromatic rings. The van der Waals surface area contributed by atoms with Gasteiger partial charge in [-0.1, -0.05) is 134 Å². The number of rotatable bonds is 4. The SMILES string of the molecule is C[Si]1(C)c2ccccc2-c2c(-c3cccc(-c4ccccc4)c3)nc(-c3cccc(-c4ccccc4)c3)nc21. The predicted octanol–water partition coefficient (Wildman–Crippen LogP) is 7.95. The molecule has 0 spiro atoms. The number of fused-ring (bicyclic) bond motifs is 3. The van der Waals surface area contributed by atoms with Crippen LogP contribution < -0.4 is 10.5 Å². The van der Waals surface area contributed by atoms with E-state index >= 15 is 0 Å². The lowest BCUT2D eigenvalue weighted by Gasteiger charge is -2.19. The minimum atomic E-state index is -2.02. The molecule has 1 aliphatic rings. The molecule has 0 radical (unpaired) electrons. The molecule has 0 atom stereocenters. The summed E-state index contributed by atoms with van der Waals surface area (Å²) < 4.78 is 0. The number of hydrogen-bond donors (Lipinski definition) is 0. The van der Waals surface area contributed by atoms with Gasteiger partial charge in [0.05, 0.1) is 5.69 Å². The van der Waals surface area contributed by atoms with Gasteiger partial charge in [0.25, 0.3) is 0 Å². The van der Waals surface area contributed by atoms with Crippen molar-refractivity contribution in [2.75, 3.05) is 0 Å². The molecular weight excluding hydrogens is 488 g/mol. The molecule has 3 heteroatoms. The minimum Gasteiger partial charge on any atom is -0.237 e. The van der Waals surface area contributed by atoms with Gasteiger partial charge in [-0.05, 0) is 45.1 Å². The average molecular weight is 517 g/mol. The molecular formula is C36H28N2Si. The van der Waals surface area contributed by atoms with Crippen molar-refractivity contribution in [2.45, 2.75) is 13.1 Å². The van der Waals surface area contributed by atoms with Crippen LogP contribution in [0.2, 0.25) is 13.1 Å². The van der Waals surface area contributed by atoms with Crippen LogP contribution in [-0.4, -0.2) is 18.0 Å². The number of hydrogen-bond acceptors (Lipinski definition) is 2. The van der Waals surface area contributed by atoms with E-state index in [2.05, 4.69) is 147 Å². The second kappa shape index (κ2) is 9.30. The van der Waals surface area contributed by atoms with Gasteiger partial charge in [-0.2, -0.15) is 0 Å². The van der Waals surface area contributed by atoms with Gasteiger partial charge in [0.2, 0.25) is 0 Å². The highest BCUT2D eigenvalue weighted by atomic mass is 28.3. The lowest BCUT2D eigenvalue weighted by molar-refractivity contribution is 1.21. The third-order valence-corrected chi connectivity index (χ3v) is 11.2. The zero-order valence-corrected chi connectivity index (χ0v) is 23.1. The summed E-state index contributed by atoms with van der Waals surface area (Å²) in [7, 11) is -2.02. The van der Waals surface area contributed by atoms with Crippen molar-refractivity contribution in [2.24, 2.45) is 0 Å². The van der Waals surface area contributed by atoms with Gasteiger partial charge in [-0.15, -0.1) is 0 Å². The van der Waals surface area contributed by atoms with E-state index in [1.165, 1.54) is 43.9 Å². The Balaban J connectivity index is 1.47. The molecule has 0 unspecified atom stereocenters. The molecule has 186 valence electrons. The third-order valence-electron chi connectivity index (χ3n) is 7.84. The summed E-state index contributed by atoms with van der Waals surface area (Å²) in [5.41, 5.74) is 10.4. The van der Waals surface area contributed by atoms with E-state index in [9.17, 15) is 0 Å². The summed E-state index contributed by atoms with van der Waals surface area (Å²) in [6, 6.07) is 47.3. The summed E-state index contributed by atoms with van der Waals surface area (Å²) in [6.45, 7) is 4.83. The number of nitrogens with zero attached hydrogens (tertiary/aromatic N) is 2. The molecule has 0 fully saturated rings. The number of aromatic nitrogens is 2. The second-order valence-electron chi connectivity index (χ2n) is 10.7. The zero-order valence-electron chi connectivity index (χ0n) is 22.1. The highest BCUT2D eigenvalue weighted by Gasteiger charge is 2.41. The van der Waals surface area contributed by atoms with Crippen molar-refractivity contribution in [3.05, 3.63) is 133 Å². The van der Waals surface area contributed by atoms with Crippen LogP contribution in [0, 0.1) is 0 Å². The van der Waals surface area contributed by atoms with Crippen molar-refractivity contribution < 1.29 is 0 Å². The molecule has 7 rings (SSSR count). The molecule has 2 nitrogen and oxygen atoms in total. The highest BCUT2D eigenvalue weighted by Crippen LogP contribution is 2.37. The smallest absolute Gasteiger partial charge is 0.159 e. The van der Waals surface area contributed by atoms with Crippen molar-refractivity contribution in [3.8, 4) is 56.0 Å². The van der Waals surface area contributed by atoms with Gasteiger partial charge in [0.1, 0.15) is 8.07 Å². The van der Waals surface area contributed by atoms with Crippen LogP contribution in [0.1, 0.15) is 0 Å². The lowest BCUT2D eigenvalue weighted by atomic mass is 9.97. The molecule has 0 aliphatic carbocycles. The van der Waals surface area contributed by atoms with Crippen LogP contribution in [0.3, 0.4) is 0 Å². The molecule has 0 amide bonds. The first-order valence-corrected chi connectivity index (χ1v) is 16.4. The Labute approximate surface area is 230 Å². The van der Waals surface area contributed by atoms with E-state index in [4.69, 9.17) is 9.97 Å². The van der Waals surface area contributed by atoms with Gasteiger partial charge in [-0.25, -0.2) is 9.97 Å². The van der Waals surface area contributed by atoms with Gasteiger partial charge >= 0.3 is 0 Å². The van der Waals surface area contributed by atoms with Gasteiger partial charge in [-0.3, -0.25) is 0 Å². The summed E-state index contributed by atoms with van der Waals surface area (Å²) in [5, 5.41) is 2.66. The maximum absolute atomic E-state index is 5.34. The van der Waals surface area contributed by atoms with Gasteiger partial charge in [0.15, 0.2) is 5.82 Å². The van der Waals surface area contributed by atoms with E-state index in [0.29, 0.717) is 0 Å². The van der Waals surface area contributed by atoms with Crippen molar-refractivity contribution in [3.63, 3.8) is 0 Å². The molecule has 5 aromatic carbocycles. The van der Waals surface area contributed by atoms with Crippen LogP contribution in [0.25, 0.3) is 56.0 Å². The predicted molar refractivity (Wildman–Crippen MR) is 166 cm³/mol. The molecule has 0 saturated heterocycles. The average Bonchev–Trinajstić information content (AvgIpc) is 3.24. The molecule has 0 N–H and O–H groups in total. The second-order valence-corrected chi connectivity index (χ2v) is 14.9. The summed E-state index contributed by atoms with van der Waals surface area (Å²) in [6.07, 6.45) is 0.